The van der Waals surface area contributed by atoms with Crippen molar-refractivity contribution in [3.8, 4) is 5.75 Å². The Kier molecular flexibility index (Phi) is 5.52. The maximum Gasteiger partial charge on any atom is 0.329 e. The summed E-state index contributed by atoms with van der Waals surface area (Å²) in [5.74, 6) is -0.729. The minimum absolute atomic E-state index is 0.132. The summed E-state index contributed by atoms with van der Waals surface area (Å²) < 4.78 is 5.94. The van der Waals surface area contributed by atoms with Crippen LogP contribution in [0.4, 0.5) is 0 Å². The molecule has 4 rings (SSSR count). The molecule has 1 saturated carbocycles. The fourth-order valence-corrected chi connectivity index (χ4v) is 2.96. The number of ether oxygens (including phenoxy) is 1. The van der Waals surface area contributed by atoms with Crippen LogP contribution in [0.3, 0.4) is 0 Å². The van der Waals surface area contributed by atoms with Crippen LogP contribution < -0.4 is 15.5 Å². The molecule has 146 valence electrons. The van der Waals surface area contributed by atoms with Crippen molar-refractivity contribution < 1.29 is 14.3 Å². The van der Waals surface area contributed by atoms with E-state index < -0.39 is 11.8 Å². The first-order chi connectivity index (χ1) is 14.2. The predicted molar refractivity (Wildman–Crippen MR) is 112 cm³/mol. The van der Waals surface area contributed by atoms with Gasteiger partial charge in [-0.1, -0.05) is 54.6 Å². The molecule has 6 nitrogen and oxygen atoms in total. The Bertz CT molecular complexity index is 1070. The summed E-state index contributed by atoms with van der Waals surface area (Å²) in [4.78, 5) is 23.3. The molecule has 0 radical (unpaired) electrons. The fourth-order valence-electron chi connectivity index (χ4n) is 2.96. The van der Waals surface area contributed by atoms with Gasteiger partial charge in [-0.3, -0.25) is 9.59 Å². The van der Waals surface area contributed by atoms with Gasteiger partial charge in [-0.15, -0.1) is 0 Å². The third kappa shape index (κ3) is 4.99. The number of amides is 2. The van der Waals surface area contributed by atoms with Crippen molar-refractivity contribution in [2.24, 2.45) is 5.10 Å². The second-order valence-electron chi connectivity index (χ2n) is 6.95. The van der Waals surface area contributed by atoms with Gasteiger partial charge in [0.2, 0.25) is 0 Å². The number of nitrogens with one attached hydrogen (secondary N) is 2. The van der Waals surface area contributed by atoms with E-state index >= 15 is 0 Å². The first-order valence-corrected chi connectivity index (χ1v) is 9.52. The van der Waals surface area contributed by atoms with Crippen LogP contribution in [0, 0.1) is 0 Å². The van der Waals surface area contributed by atoms with Gasteiger partial charge in [0, 0.05) is 6.04 Å². The zero-order valence-corrected chi connectivity index (χ0v) is 15.8. The van der Waals surface area contributed by atoms with Crippen LogP contribution in [0.5, 0.6) is 5.75 Å². The number of hydrogen-bond donors (Lipinski definition) is 2. The van der Waals surface area contributed by atoms with Crippen molar-refractivity contribution in [2.45, 2.75) is 25.5 Å². The summed E-state index contributed by atoms with van der Waals surface area (Å²) in [7, 11) is 0. The highest BCUT2D eigenvalue weighted by Gasteiger charge is 2.26. The number of rotatable bonds is 6. The molecule has 2 N–H and O–H groups in total. The number of hydrazone groups is 1. The SMILES string of the molecule is O=C(N/N=C\c1cccc(OCc2cccc3ccccc23)c1)C(=O)NC1CC1. The van der Waals surface area contributed by atoms with E-state index in [2.05, 4.69) is 40.1 Å². The number of nitrogens with zero attached hydrogens (tertiary/aromatic N) is 1. The van der Waals surface area contributed by atoms with Gasteiger partial charge < -0.3 is 10.1 Å². The molecule has 0 saturated heterocycles. The fraction of sp³-hybridized carbons (Fsp3) is 0.174. The summed E-state index contributed by atoms with van der Waals surface area (Å²) in [6, 6.07) is 21.9. The number of carbonyl (C=O) groups is 2. The predicted octanol–water partition coefficient (Wildman–Crippen LogP) is 3.15. The van der Waals surface area contributed by atoms with E-state index in [9.17, 15) is 9.59 Å². The first-order valence-electron chi connectivity index (χ1n) is 9.52. The largest absolute Gasteiger partial charge is 0.489 e. The highest BCUT2D eigenvalue weighted by atomic mass is 16.5. The minimum atomic E-state index is -0.767. The topological polar surface area (TPSA) is 79.8 Å². The lowest BCUT2D eigenvalue weighted by molar-refractivity contribution is -0.139. The molecular weight excluding hydrogens is 366 g/mol. The van der Waals surface area contributed by atoms with Crippen molar-refractivity contribution >= 4 is 28.8 Å². The van der Waals surface area contributed by atoms with Crippen LogP contribution in [0.2, 0.25) is 0 Å². The summed E-state index contributed by atoms with van der Waals surface area (Å²) in [6.07, 6.45) is 3.33. The Labute approximate surface area is 168 Å². The monoisotopic (exact) mass is 387 g/mol. The van der Waals surface area contributed by atoms with Crippen LogP contribution in [0.25, 0.3) is 10.8 Å². The summed E-state index contributed by atoms with van der Waals surface area (Å²) in [6.45, 7) is 0.444. The Morgan fingerprint density at radius 2 is 1.79 bits per heavy atom. The molecule has 2 amide bonds. The Morgan fingerprint density at radius 1 is 1.00 bits per heavy atom. The maximum atomic E-state index is 11.7. The standard InChI is InChI=1S/C23H21N3O3/c27-22(25-19-11-12-19)23(28)26-24-14-16-5-3-9-20(13-16)29-15-18-8-4-7-17-6-1-2-10-21(17)18/h1-10,13-14,19H,11-12,15H2,(H,25,27)(H,26,28)/b24-14-. The van der Waals surface area contributed by atoms with Gasteiger partial charge in [0.05, 0.1) is 6.21 Å². The van der Waals surface area contributed by atoms with Crippen molar-refractivity contribution in [1.29, 1.82) is 0 Å². The molecule has 0 bridgehead atoms. The summed E-state index contributed by atoms with van der Waals surface area (Å²) in [5.41, 5.74) is 4.10. The Hall–Kier alpha value is -3.67. The van der Waals surface area contributed by atoms with Gasteiger partial charge in [0.15, 0.2) is 0 Å². The molecule has 0 spiro atoms. The maximum absolute atomic E-state index is 11.7. The molecule has 0 aromatic heterocycles. The molecule has 3 aromatic rings. The number of hydrogen-bond acceptors (Lipinski definition) is 4. The van der Waals surface area contributed by atoms with Crippen molar-refractivity contribution in [2.75, 3.05) is 0 Å². The normalized spacial score (nSPS) is 13.4. The van der Waals surface area contributed by atoms with Crippen LogP contribution in [-0.2, 0) is 16.2 Å². The van der Waals surface area contributed by atoms with E-state index in [4.69, 9.17) is 4.74 Å². The van der Waals surface area contributed by atoms with E-state index in [1.807, 2.05) is 42.5 Å². The quantitative estimate of drug-likeness (QED) is 0.387. The lowest BCUT2D eigenvalue weighted by atomic mass is 10.1. The number of carbonyl (C=O) groups excluding carboxylic acids is 2. The Morgan fingerprint density at radius 3 is 2.66 bits per heavy atom. The van der Waals surface area contributed by atoms with Gasteiger partial charge >= 0.3 is 11.8 Å². The second-order valence-corrected chi connectivity index (χ2v) is 6.95. The van der Waals surface area contributed by atoms with Gasteiger partial charge in [0.1, 0.15) is 12.4 Å². The average molecular weight is 387 g/mol. The van der Waals surface area contributed by atoms with Crippen molar-refractivity contribution in [3.63, 3.8) is 0 Å². The highest BCUT2D eigenvalue weighted by molar-refractivity contribution is 6.35. The van der Waals surface area contributed by atoms with Crippen molar-refractivity contribution in [3.05, 3.63) is 77.9 Å². The first kappa shape index (κ1) is 18.7. The smallest absolute Gasteiger partial charge is 0.329 e. The average Bonchev–Trinajstić information content (AvgIpc) is 3.56. The van der Waals surface area contributed by atoms with Gasteiger partial charge in [0.25, 0.3) is 0 Å². The number of benzene rings is 3. The second kappa shape index (κ2) is 8.56. The zero-order chi connectivity index (χ0) is 20.1. The van der Waals surface area contributed by atoms with E-state index in [0.29, 0.717) is 12.4 Å². The Balaban J connectivity index is 1.35. The molecule has 1 fully saturated rings. The van der Waals surface area contributed by atoms with E-state index in [0.717, 1.165) is 24.0 Å². The van der Waals surface area contributed by atoms with Gasteiger partial charge in [-0.2, -0.15) is 5.10 Å². The van der Waals surface area contributed by atoms with Crippen LogP contribution in [0.15, 0.2) is 71.8 Å². The summed E-state index contributed by atoms with van der Waals surface area (Å²) >= 11 is 0. The molecular formula is C23H21N3O3. The molecule has 3 aromatic carbocycles. The third-order valence-corrected chi connectivity index (χ3v) is 4.63. The molecule has 29 heavy (non-hydrogen) atoms. The van der Waals surface area contributed by atoms with Gasteiger partial charge in [-0.25, -0.2) is 5.43 Å². The van der Waals surface area contributed by atoms with Crippen LogP contribution >= 0.6 is 0 Å². The summed E-state index contributed by atoms with van der Waals surface area (Å²) in [5, 5.41) is 8.80. The molecule has 0 atom stereocenters. The lowest BCUT2D eigenvalue weighted by Gasteiger charge is -2.09. The lowest BCUT2D eigenvalue weighted by Crippen LogP contribution is -2.38. The molecule has 0 unspecified atom stereocenters. The molecule has 1 aliphatic rings. The highest BCUT2D eigenvalue weighted by Crippen LogP contribution is 2.21. The third-order valence-electron chi connectivity index (χ3n) is 4.63. The van der Waals surface area contributed by atoms with E-state index in [1.165, 1.54) is 17.0 Å². The molecule has 1 aliphatic carbocycles. The van der Waals surface area contributed by atoms with E-state index in [1.54, 1.807) is 0 Å². The van der Waals surface area contributed by atoms with Gasteiger partial charge in [-0.05, 0) is 46.9 Å². The minimum Gasteiger partial charge on any atom is -0.489 e. The van der Waals surface area contributed by atoms with Crippen LogP contribution in [-0.4, -0.2) is 24.1 Å². The molecule has 6 heteroatoms. The molecule has 0 aliphatic heterocycles. The zero-order valence-electron chi connectivity index (χ0n) is 15.8. The number of fused-ring (bicyclic) bond motifs is 1. The van der Waals surface area contributed by atoms with E-state index in [-0.39, 0.29) is 6.04 Å². The molecule has 0 heterocycles. The van der Waals surface area contributed by atoms with Crippen molar-refractivity contribution in [1.82, 2.24) is 10.7 Å². The van der Waals surface area contributed by atoms with Crippen LogP contribution in [0.1, 0.15) is 24.0 Å².